The molecule has 0 aromatic rings. The summed E-state index contributed by atoms with van der Waals surface area (Å²) in [4.78, 5) is 0. The van der Waals surface area contributed by atoms with Crippen molar-refractivity contribution in [1.82, 2.24) is 0 Å². The van der Waals surface area contributed by atoms with E-state index in [-0.39, 0.29) is 6.10 Å². The number of rotatable bonds is 4. The van der Waals surface area contributed by atoms with Gasteiger partial charge in [-0.05, 0) is 12.8 Å². The van der Waals surface area contributed by atoms with Crippen molar-refractivity contribution in [3.8, 4) is 0 Å². The van der Waals surface area contributed by atoms with Crippen LogP contribution in [0.2, 0.25) is 0 Å². The lowest BCUT2D eigenvalue weighted by atomic mass is 10.0. The molecule has 0 radical (unpaired) electrons. The van der Waals surface area contributed by atoms with E-state index in [1.54, 1.807) is 7.11 Å². The summed E-state index contributed by atoms with van der Waals surface area (Å²) in [7, 11) is 1.70. The van der Waals surface area contributed by atoms with Crippen molar-refractivity contribution in [1.29, 1.82) is 0 Å². The molecule has 1 N–H and O–H groups in total. The van der Waals surface area contributed by atoms with Gasteiger partial charge in [-0.2, -0.15) is 0 Å². The third-order valence-corrected chi connectivity index (χ3v) is 2.09. The second-order valence-electron chi connectivity index (χ2n) is 3.00. The van der Waals surface area contributed by atoms with E-state index in [2.05, 4.69) is 0 Å². The van der Waals surface area contributed by atoms with Crippen LogP contribution < -0.4 is 0 Å². The van der Waals surface area contributed by atoms with Crippen LogP contribution in [0.1, 0.15) is 12.8 Å². The summed E-state index contributed by atoms with van der Waals surface area (Å²) >= 11 is 0. The number of hydrogen-bond donors (Lipinski definition) is 1. The fourth-order valence-electron chi connectivity index (χ4n) is 1.35. The minimum absolute atomic E-state index is 0.244. The fraction of sp³-hybridized carbons (Fsp3) is 1.00. The molecule has 1 fully saturated rings. The Morgan fingerprint density at radius 2 is 2.36 bits per heavy atom. The van der Waals surface area contributed by atoms with Gasteiger partial charge >= 0.3 is 0 Å². The molecular formula is C8H16O3. The smallest absolute Gasteiger partial charge is 0.0823 e. The summed E-state index contributed by atoms with van der Waals surface area (Å²) in [5.41, 5.74) is 0. The van der Waals surface area contributed by atoms with Gasteiger partial charge in [0.05, 0.1) is 19.3 Å². The van der Waals surface area contributed by atoms with E-state index in [4.69, 9.17) is 9.47 Å². The van der Waals surface area contributed by atoms with Gasteiger partial charge in [-0.25, -0.2) is 0 Å². The van der Waals surface area contributed by atoms with Crippen molar-refractivity contribution in [3.63, 3.8) is 0 Å². The second kappa shape index (κ2) is 4.70. The lowest BCUT2D eigenvalue weighted by Gasteiger charge is -2.10. The van der Waals surface area contributed by atoms with E-state index >= 15 is 0 Å². The van der Waals surface area contributed by atoms with Gasteiger partial charge in [-0.3, -0.25) is 0 Å². The molecule has 0 bridgehead atoms. The van der Waals surface area contributed by atoms with E-state index < -0.39 is 0 Å². The molecular weight excluding hydrogens is 144 g/mol. The predicted octanol–water partition coefficient (Wildman–Crippen LogP) is 0.420. The largest absolute Gasteiger partial charge is 0.390 e. The summed E-state index contributed by atoms with van der Waals surface area (Å²) < 4.78 is 10.0. The summed E-state index contributed by atoms with van der Waals surface area (Å²) in [6, 6.07) is 0. The average molecular weight is 160 g/mol. The van der Waals surface area contributed by atoms with Crippen molar-refractivity contribution >= 4 is 0 Å². The van der Waals surface area contributed by atoms with Crippen LogP contribution in [0.3, 0.4) is 0 Å². The number of ether oxygens (including phenoxy) is 2. The van der Waals surface area contributed by atoms with Crippen molar-refractivity contribution in [2.75, 3.05) is 26.9 Å². The minimum Gasteiger partial charge on any atom is -0.390 e. The zero-order valence-electron chi connectivity index (χ0n) is 6.95. The zero-order chi connectivity index (χ0) is 8.10. The van der Waals surface area contributed by atoms with Gasteiger partial charge in [0.25, 0.3) is 0 Å². The van der Waals surface area contributed by atoms with Gasteiger partial charge < -0.3 is 14.6 Å². The number of aliphatic hydroxyl groups is 1. The first-order chi connectivity index (χ1) is 5.34. The van der Waals surface area contributed by atoms with Gasteiger partial charge in [0.1, 0.15) is 0 Å². The average Bonchev–Trinajstić information content (AvgIpc) is 2.37. The van der Waals surface area contributed by atoms with E-state index in [9.17, 15) is 5.11 Å². The van der Waals surface area contributed by atoms with Crippen LogP contribution >= 0.6 is 0 Å². The predicted molar refractivity (Wildman–Crippen MR) is 41.4 cm³/mol. The summed E-state index contributed by atoms with van der Waals surface area (Å²) in [6.07, 6.45) is 1.78. The van der Waals surface area contributed by atoms with Crippen LogP contribution in [0.25, 0.3) is 0 Å². The Bertz CT molecular complexity index is 106. The third-order valence-electron chi connectivity index (χ3n) is 2.09. The first kappa shape index (κ1) is 8.97. The topological polar surface area (TPSA) is 38.7 Å². The van der Waals surface area contributed by atoms with Crippen molar-refractivity contribution in [2.45, 2.75) is 18.9 Å². The Kier molecular flexibility index (Phi) is 3.83. The Labute approximate surface area is 67.3 Å². The molecule has 3 heteroatoms. The third kappa shape index (κ3) is 2.77. The van der Waals surface area contributed by atoms with Crippen molar-refractivity contribution in [2.24, 2.45) is 5.92 Å². The minimum atomic E-state index is -0.244. The van der Waals surface area contributed by atoms with Crippen LogP contribution in [0.5, 0.6) is 0 Å². The molecule has 1 rings (SSSR count). The van der Waals surface area contributed by atoms with Crippen LogP contribution in [0.4, 0.5) is 0 Å². The normalized spacial score (nSPS) is 31.1. The van der Waals surface area contributed by atoms with Gasteiger partial charge in [-0.15, -0.1) is 0 Å². The van der Waals surface area contributed by atoms with E-state index in [0.717, 1.165) is 19.4 Å². The molecule has 0 amide bonds. The SMILES string of the molecule is COCCCC1COCC1O. The van der Waals surface area contributed by atoms with Gasteiger partial charge in [-0.1, -0.05) is 0 Å². The highest BCUT2D eigenvalue weighted by molar-refractivity contribution is 4.73. The molecule has 2 unspecified atom stereocenters. The number of hydrogen-bond acceptors (Lipinski definition) is 3. The highest BCUT2D eigenvalue weighted by Gasteiger charge is 2.25. The molecule has 1 aliphatic rings. The first-order valence-corrected chi connectivity index (χ1v) is 4.09. The van der Waals surface area contributed by atoms with Crippen LogP contribution in [0.15, 0.2) is 0 Å². The highest BCUT2D eigenvalue weighted by atomic mass is 16.5. The van der Waals surface area contributed by atoms with Crippen molar-refractivity contribution in [3.05, 3.63) is 0 Å². The molecule has 66 valence electrons. The fourth-order valence-corrected chi connectivity index (χ4v) is 1.35. The maximum Gasteiger partial charge on any atom is 0.0823 e. The molecule has 1 saturated heterocycles. The monoisotopic (exact) mass is 160 g/mol. The van der Waals surface area contributed by atoms with Crippen molar-refractivity contribution < 1.29 is 14.6 Å². The van der Waals surface area contributed by atoms with E-state index in [1.807, 2.05) is 0 Å². The first-order valence-electron chi connectivity index (χ1n) is 4.09. The lowest BCUT2D eigenvalue weighted by molar-refractivity contribution is 0.113. The number of aliphatic hydroxyl groups excluding tert-OH is 1. The highest BCUT2D eigenvalue weighted by Crippen LogP contribution is 2.18. The van der Waals surface area contributed by atoms with Gasteiger partial charge in [0.2, 0.25) is 0 Å². The van der Waals surface area contributed by atoms with Crippen LogP contribution in [-0.4, -0.2) is 38.1 Å². The molecule has 2 atom stereocenters. The molecule has 1 aliphatic heterocycles. The van der Waals surface area contributed by atoms with Crippen LogP contribution in [-0.2, 0) is 9.47 Å². The van der Waals surface area contributed by atoms with Gasteiger partial charge in [0, 0.05) is 19.6 Å². The lowest BCUT2D eigenvalue weighted by Crippen LogP contribution is -2.17. The molecule has 11 heavy (non-hydrogen) atoms. The maximum atomic E-state index is 9.32. The summed E-state index contributed by atoms with van der Waals surface area (Å²) in [6.45, 7) is 2.01. The van der Waals surface area contributed by atoms with E-state index in [1.165, 1.54) is 0 Å². The standard InChI is InChI=1S/C8H16O3/c1-10-4-2-3-7-5-11-6-8(7)9/h7-9H,2-6H2,1H3. The Morgan fingerprint density at radius 3 is 2.91 bits per heavy atom. The molecule has 0 saturated carbocycles. The number of methoxy groups -OCH3 is 1. The van der Waals surface area contributed by atoms with Crippen LogP contribution in [0, 0.1) is 5.92 Å². The summed E-state index contributed by atoms with van der Waals surface area (Å²) in [5.74, 6) is 0.338. The second-order valence-corrected chi connectivity index (χ2v) is 3.00. The Balaban J connectivity index is 2.05. The molecule has 3 nitrogen and oxygen atoms in total. The van der Waals surface area contributed by atoms with E-state index in [0.29, 0.717) is 19.1 Å². The summed E-state index contributed by atoms with van der Waals surface area (Å²) in [5, 5.41) is 9.32. The maximum absolute atomic E-state index is 9.32. The quantitative estimate of drug-likeness (QED) is 0.606. The molecule has 0 spiro atoms. The zero-order valence-corrected chi connectivity index (χ0v) is 6.95. The molecule has 0 aromatic heterocycles. The molecule has 0 aliphatic carbocycles. The Morgan fingerprint density at radius 1 is 1.55 bits per heavy atom. The Hall–Kier alpha value is -0.120. The molecule has 1 heterocycles. The molecule has 0 aromatic carbocycles. The van der Waals surface area contributed by atoms with Gasteiger partial charge in [0.15, 0.2) is 0 Å².